The number of hydrogen-bond acceptors (Lipinski definition) is 3. The monoisotopic (exact) mass is 263 g/mol. The van der Waals surface area contributed by atoms with Gasteiger partial charge in [-0.1, -0.05) is 19.3 Å². The summed E-state index contributed by atoms with van der Waals surface area (Å²) in [6.45, 7) is 0. The van der Waals surface area contributed by atoms with E-state index in [2.05, 4.69) is 4.98 Å². The zero-order chi connectivity index (χ0) is 12.5. The lowest BCUT2D eigenvalue weighted by Crippen LogP contribution is -2.16. The molecule has 0 atom stereocenters. The van der Waals surface area contributed by atoms with Crippen molar-refractivity contribution in [3.8, 4) is 0 Å². The molecule has 6 heteroatoms. The lowest BCUT2D eigenvalue weighted by molar-refractivity contribution is -0.137. The highest BCUT2D eigenvalue weighted by molar-refractivity contribution is 7.13. The number of Topliss-reactive ketones (excluding diaryl/α,β-unsaturated/α-hetero) is 1. The van der Waals surface area contributed by atoms with Crippen molar-refractivity contribution in [1.82, 2.24) is 4.98 Å². The van der Waals surface area contributed by atoms with Crippen LogP contribution in [0.25, 0.3) is 0 Å². The van der Waals surface area contributed by atoms with E-state index in [9.17, 15) is 18.0 Å². The van der Waals surface area contributed by atoms with E-state index in [-0.39, 0.29) is 16.6 Å². The van der Waals surface area contributed by atoms with E-state index in [1.807, 2.05) is 0 Å². The van der Waals surface area contributed by atoms with E-state index in [1.54, 1.807) is 0 Å². The number of hydrogen-bond donors (Lipinski definition) is 0. The first-order valence-corrected chi connectivity index (χ1v) is 6.37. The third-order valence-corrected chi connectivity index (χ3v) is 4.02. The Morgan fingerprint density at radius 2 is 1.94 bits per heavy atom. The fourth-order valence-electron chi connectivity index (χ4n) is 2.09. The lowest BCUT2D eigenvalue weighted by atomic mass is 9.86. The average molecular weight is 263 g/mol. The summed E-state index contributed by atoms with van der Waals surface area (Å²) in [5.74, 6) is -0.275. The molecule has 17 heavy (non-hydrogen) atoms. The third-order valence-electron chi connectivity index (χ3n) is 2.97. The molecule has 0 bridgehead atoms. The molecule has 1 heterocycles. The first-order valence-electron chi connectivity index (χ1n) is 5.55. The molecular formula is C11H12F3NOS. The van der Waals surface area contributed by atoms with Gasteiger partial charge in [0.05, 0.1) is 4.88 Å². The molecule has 1 aromatic rings. The van der Waals surface area contributed by atoms with E-state index in [0.29, 0.717) is 11.3 Å². The van der Waals surface area contributed by atoms with Crippen molar-refractivity contribution in [2.75, 3.05) is 0 Å². The molecule has 0 N–H and O–H groups in total. The van der Waals surface area contributed by atoms with Crippen LogP contribution in [0.4, 0.5) is 13.2 Å². The standard InChI is InChI=1S/C11H12F3NOS/c12-11(13,14)10-15-6-8(17-10)9(16)7-4-2-1-3-5-7/h6-7H,1-5H2. The predicted octanol–water partition coefficient (Wildman–Crippen LogP) is 3.92. The van der Waals surface area contributed by atoms with Gasteiger partial charge in [-0.2, -0.15) is 13.2 Å². The number of nitrogens with zero attached hydrogens (tertiary/aromatic N) is 1. The Labute approximate surface area is 101 Å². The van der Waals surface area contributed by atoms with Gasteiger partial charge in [0.1, 0.15) is 0 Å². The number of halogens is 3. The quantitative estimate of drug-likeness (QED) is 0.757. The Morgan fingerprint density at radius 3 is 2.47 bits per heavy atom. The average Bonchev–Trinajstić information content (AvgIpc) is 2.78. The van der Waals surface area contributed by atoms with Crippen LogP contribution in [0, 0.1) is 5.92 Å². The summed E-state index contributed by atoms with van der Waals surface area (Å²) in [6.07, 6.45) is 1.28. The molecule has 0 spiro atoms. The van der Waals surface area contributed by atoms with E-state index in [4.69, 9.17) is 0 Å². The van der Waals surface area contributed by atoms with Crippen LogP contribution in [-0.2, 0) is 6.18 Å². The minimum atomic E-state index is -4.45. The minimum absolute atomic E-state index is 0.106. The van der Waals surface area contributed by atoms with Gasteiger partial charge in [0.2, 0.25) is 0 Å². The van der Waals surface area contributed by atoms with E-state index in [0.717, 1.165) is 38.3 Å². The first-order chi connectivity index (χ1) is 7.98. The Kier molecular flexibility index (Phi) is 3.51. The van der Waals surface area contributed by atoms with Crippen molar-refractivity contribution in [1.29, 1.82) is 0 Å². The maximum atomic E-state index is 12.3. The topological polar surface area (TPSA) is 30.0 Å². The predicted molar refractivity (Wildman–Crippen MR) is 58.0 cm³/mol. The second-order valence-electron chi connectivity index (χ2n) is 4.23. The second-order valence-corrected chi connectivity index (χ2v) is 5.26. The second kappa shape index (κ2) is 4.76. The molecule has 0 aliphatic heterocycles. The molecule has 0 aromatic carbocycles. The van der Waals surface area contributed by atoms with Crippen molar-refractivity contribution in [3.05, 3.63) is 16.1 Å². The highest BCUT2D eigenvalue weighted by Crippen LogP contribution is 2.34. The van der Waals surface area contributed by atoms with Crippen molar-refractivity contribution < 1.29 is 18.0 Å². The molecular weight excluding hydrogens is 251 g/mol. The summed E-state index contributed by atoms with van der Waals surface area (Å²) in [4.78, 5) is 15.4. The summed E-state index contributed by atoms with van der Waals surface area (Å²) < 4.78 is 37.0. The SMILES string of the molecule is O=C(c1cnc(C(F)(F)F)s1)C1CCCCC1. The van der Waals surface area contributed by atoms with Gasteiger partial charge in [0.15, 0.2) is 10.8 Å². The molecule has 2 nitrogen and oxygen atoms in total. The molecule has 1 aromatic heterocycles. The van der Waals surface area contributed by atoms with Gasteiger partial charge in [-0.15, -0.1) is 11.3 Å². The van der Waals surface area contributed by atoms with Gasteiger partial charge in [-0.25, -0.2) is 4.98 Å². The summed E-state index contributed by atoms with van der Waals surface area (Å²) in [7, 11) is 0. The zero-order valence-corrected chi connectivity index (χ0v) is 9.90. The largest absolute Gasteiger partial charge is 0.443 e. The molecule has 0 unspecified atom stereocenters. The van der Waals surface area contributed by atoms with Gasteiger partial charge in [-0.05, 0) is 12.8 Å². The lowest BCUT2D eigenvalue weighted by Gasteiger charge is -2.19. The molecule has 1 saturated carbocycles. The van der Waals surface area contributed by atoms with Gasteiger partial charge in [0.25, 0.3) is 0 Å². The fraction of sp³-hybridized carbons (Fsp3) is 0.636. The van der Waals surface area contributed by atoms with Crippen LogP contribution < -0.4 is 0 Å². The Hall–Kier alpha value is -0.910. The third kappa shape index (κ3) is 2.86. The van der Waals surface area contributed by atoms with Crippen molar-refractivity contribution >= 4 is 17.1 Å². The number of carbonyl (C=O) groups is 1. The van der Waals surface area contributed by atoms with Crippen molar-refractivity contribution in [2.24, 2.45) is 5.92 Å². The van der Waals surface area contributed by atoms with Gasteiger partial charge in [-0.3, -0.25) is 4.79 Å². The number of ketones is 1. The molecule has 2 rings (SSSR count). The van der Waals surface area contributed by atoms with Gasteiger partial charge < -0.3 is 0 Å². The summed E-state index contributed by atoms with van der Waals surface area (Å²) in [6, 6.07) is 0. The molecule has 0 saturated heterocycles. The van der Waals surface area contributed by atoms with Gasteiger partial charge >= 0.3 is 6.18 Å². The molecule has 1 fully saturated rings. The van der Waals surface area contributed by atoms with Crippen LogP contribution in [-0.4, -0.2) is 10.8 Å². The Bertz CT molecular complexity index is 407. The normalized spacial score (nSPS) is 18.3. The number of rotatable bonds is 2. The Morgan fingerprint density at radius 1 is 1.29 bits per heavy atom. The minimum Gasteiger partial charge on any atom is -0.293 e. The Balaban J connectivity index is 2.11. The summed E-state index contributed by atoms with van der Waals surface area (Å²) in [5.41, 5.74) is 0. The van der Waals surface area contributed by atoms with Crippen LogP contribution in [0.5, 0.6) is 0 Å². The first kappa shape index (κ1) is 12.5. The number of aromatic nitrogens is 1. The highest BCUT2D eigenvalue weighted by atomic mass is 32.1. The van der Waals surface area contributed by atoms with Crippen LogP contribution in [0.2, 0.25) is 0 Å². The summed E-state index contributed by atoms with van der Waals surface area (Å²) >= 11 is 0.456. The van der Waals surface area contributed by atoms with Crippen LogP contribution in [0.3, 0.4) is 0 Å². The number of thiazole rings is 1. The highest BCUT2D eigenvalue weighted by Gasteiger charge is 2.36. The van der Waals surface area contributed by atoms with Crippen LogP contribution >= 0.6 is 11.3 Å². The van der Waals surface area contributed by atoms with Crippen LogP contribution in [0.15, 0.2) is 6.20 Å². The molecule has 94 valence electrons. The number of alkyl halides is 3. The van der Waals surface area contributed by atoms with E-state index >= 15 is 0 Å². The molecule has 0 radical (unpaired) electrons. The summed E-state index contributed by atoms with van der Waals surface area (Å²) in [5, 5.41) is -0.934. The molecule has 0 amide bonds. The molecule has 1 aliphatic carbocycles. The van der Waals surface area contributed by atoms with E-state index in [1.165, 1.54) is 0 Å². The number of carbonyl (C=O) groups excluding carboxylic acids is 1. The van der Waals surface area contributed by atoms with Gasteiger partial charge in [0, 0.05) is 12.1 Å². The van der Waals surface area contributed by atoms with Crippen molar-refractivity contribution in [3.63, 3.8) is 0 Å². The zero-order valence-electron chi connectivity index (χ0n) is 9.09. The molecule has 1 aliphatic rings. The van der Waals surface area contributed by atoms with Crippen molar-refractivity contribution in [2.45, 2.75) is 38.3 Å². The smallest absolute Gasteiger partial charge is 0.293 e. The van der Waals surface area contributed by atoms with Crippen LogP contribution in [0.1, 0.15) is 46.8 Å². The maximum absolute atomic E-state index is 12.3. The van der Waals surface area contributed by atoms with E-state index < -0.39 is 11.2 Å². The fourth-order valence-corrected chi connectivity index (χ4v) is 2.89. The maximum Gasteiger partial charge on any atom is 0.443 e.